The molecular weight excluding hydrogens is 338 g/mol. The zero-order chi connectivity index (χ0) is 20.7. The molecule has 1 saturated heterocycles. The lowest BCUT2D eigenvalue weighted by molar-refractivity contribution is 0.141. The van der Waals surface area contributed by atoms with Crippen LogP contribution >= 0.6 is 0 Å². The summed E-state index contributed by atoms with van der Waals surface area (Å²) >= 11 is 0. The quantitative estimate of drug-likeness (QED) is 0.432. The molecule has 1 atom stereocenters. The van der Waals surface area contributed by atoms with Crippen molar-refractivity contribution in [1.29, 1.82) is 0 Å². The maximum Gasteiger partial charge on any atom is -0.00150 e. The molecule has 3 rings (SSSR count). The highest BCUT2D eigenvalue weighted by Crippen LogP contribution is 2.41. The van der Waals surface area contributed by atoms with E-state index >= 15 is 0 Å². The van der Waals surface area contributed by atoms with Crippen LogP contribution in [0.3, 0.4) is 0 Å². The first-order valence-corrected chi connectivity index (χ1v) is 12.0. The molecule has 0 amide bonds. The van der Waals surface area contributed by atoms with Gasteiger partial charge in [-0.05, 0) is 79.2 Å². The molecule has 1 heteroatoms. The van der Waals surface area contributed by atoms with Crippen LogP contribution in [0.15, 0.2) is 0 Å². The molecule has 0 spiro atoms. The van der Waals surface area contributed by atoms with E-state index in [2.05, 4.69) is 67.6 Å². The molecule has 0 aromatic rings. The largest absolute Gasteiger partial charge is 0.316 e. The van der Waals surface area contributed by atoms with Gasteiger partial charge in [0.1, 0.15) is 0 Å². The van der Waals surface area contributed by atoms with Crippen LogP contribution in [0.1, 0.15) is 128 Å². The van der Waals surface area contributed by atoms with E-state index in [1.807, 2.05) is 0 Å². The average molecular weight is 396 g/mol. The number of nitrogens with one attached hydrogen (secondary N) is 1. The second-order valence-electron chi connectivity index (χ2n) is 12.8. The zero-order valence-electron chi connectivity index (χ0n) is 20.5. The van der Waals surface area contributed by atoms with Crippen molar-refractivity contribution in [2.45, 2.75) is 128 Å². The van der Waals surface area contributed by atoms with Gasteiger partial charge in [0.05, 0.1) is 0 Å². The number of rotatable bonds is 0. The van der Waals surface area contributed by atoms with Crippen LogP contribution in [-0.2, 0) is 0 Å². The highest BCUT2D eigenvalue weighted by molar-refractivity contribution is 4.81. The van der Waals surface area contributed by atoms with E-state index in [-0.39, 0.29) is 7.43 Å². The van der Waals surface area contributed by atoms with Gasteiger partial charge >= 0.3 is 0 Å². The third-order valence-corrected chi connectivity index (χ3v) is 7.44. The van der Waals surface area contributed by atoms with Crippen LogP contribution in [0.5, 0.6) is 0 Å². The maximum absolute atomic E-state index is 3.38. The van der Waals surface area contributed by atoms with Gasteiger partial charge in [-0.3, -0.25) is 0 Å². The van der Waals surface area contributed by atoms with E-state index in [0.29, 0.717) is 16.2 Å². The molecule has 1 N–H and O–H groups in total. The lowest BCUT2D eigenvalue weighted by atomic mass is 9.69. The normalized spacial score (nSPS) is 24.1. The van der Waals surface area contributed by atoms with E-state index in [4.69, 9.17) is 0 Å². The van der Waals surface area contributed by atoms with Crippen molar-refractivity contribution in [3.8, 4) is 0 Å². The Morgan fingerprint density at radius 3 is 1.07 bits per heavy atom. The fraction of sp³-hybridized carbons (Fsp3) is 1.00. The molecule has 1 aliphatic heterocycles. The van der Waals surface area contributed by atoms with Gasteiger partial charge in [0, 0.05) is 0 Å². The van der Waals surface area contributed by atoms with E-state index in [9.17, 15) is 0 Å². The fourth-order valence-electron chi connectivity index (χ4n) is 4.64. The summed E-state index contributed by atoms with van der Waals surface area (Å²) in [6.45, 7) is 23.6. The second kappa shape index (κ2) is 12.0. The summed E-state index contributed by atoms with van der Waals surface area (Å²) in [5, 5.41) is 3.38. The van der Waals surface area contributed by atoms with E-state index in [1.165, 1.54) is 70.9 Å². The Kier molecular flexibility index (Phi) is 12.0. The average Bonchev–Trinajstić information content (AvgIpc) is 2.99. The Hall–Kier alpha value is -0.0400. The molecule has 0 radical (unpaired) electrons. The van der Waals surface area contributed by atoms with Gasteiger partial charge in [0.25, 0.3) is 0 Å². The van der Waals surface area contributed by atoms with Crippen LogP contribution in [0.25, 0.3) is 0 Å². The molecular formula is C27H57N. The number of hydrogen-bond acceptors (Lipinski definition) is 1. The standard InChI is InChI=1S/C10H20.C8H17N.C8H16.CH4/c1-10(2,3)9-7-5-4-6-8-9;1-8(2,3)7-4-5-9-6-7;1-8(2,3)7-5-4-6-7;/h9H,4-8H2,1-3H3;7,9H,4-6H2,1-3H3;7H,4-6H2,1-3H3;1H4. The third-order valence-electron chi connectivity index (χ3n) is 7.44. The minimum atomic E-state index is 0. The molecule has 1 unspecified atom stereocenters. The van der Waals surface area contributed by atoms with Crippen molar-refractivity contribution < 1.29 is 0 Å². The molecule has 3 fully saturated rings. The summed E-state index contributed by atoms with van der Waals surface area (Å²) in [4.78, 5) is 0. The molecule has 0 bridgehead atoms. The molecule has 0 aromatic heterocycles. The molecule has 2 saturated carbocycles. The lowest BCUT2D eigenvalue weighted by Crippen LogP contribution is -2.26. The monoisotopic (exact) mass is 395 g/mol. The maximum atomic E-state index is 3.38. The van der Waals surface area contributed by atoms with Gasteiger partial charge < -0.3 is 5.32 Å². The van der Waals surface area contributed by atoms with Crippen molar-refractivity contribution in [3.05, 3.63) is 0 Å². The van der Waals surface area contributed by atoms with Gasteiger partial charge in [-0.2, -0.15) is 0 Å². The Morgan fingerprint density at radius 2 is 0.893 bits per heavy atom. The van der Waals surface area contributed by atoms with E-state index in [0.717, 1.165) is 17.8 Å². The summed E-state index contributed by atoms with van der Waals surface area (Å²) in [5.74, 6) is 2.93. The summed E-state index contributed by atoms with van der Waals surface area (Å²) in [5.41, 5.74) is 1.68. The molecule has 1 nitrogen and oxygen atoms in total. The van der Waals surface area contributed by atoms with Crippen LogP contribution in [0, 0.1) is 34.0 Å². The first-order valence-electron chi connectivity index (χ1n) is 12.0. The second-order valence-corrected chi connectivity index (χ2v) is 12.8. The topological polar surface area (TPSA) is 12.0 Å². The van der Waals surface area contributed by atoms with Crippen molar-refractivity contribution in [3.63, 3.8) is 0 Å². The smallest absolute Gasteiger partial charge is 0.00150 e. The summed E-state index contributed by atoms with van der Waals surface area (Å²) in [7, 11) is 0. The highest BCUT2D eigenvalue weighted by atomic mass is 14.9. The minimum absolute atomic E-state index is 0. The van der Waals surface area contributed by atoms with Crippen molar-refractivity contribution >= 4 is 0 Å². The molecule has 28 heavy (non-hydrogen) atoms. The Labute approximate surface area is 180 Å². The molecule has 0 aromatic carbocycles. The Morgan fingerprint density at radius 1 is 0.500 bits per heavy atom. The van der Waals surface area contributed by atoms with Crippen LogP contribution in [0.4, 0.5) is 0 Å². The first kappa shape index (κ1) is 28.0. The summed E-state index contributed by atoms with van der Waals surface area (Å²) in [6, 6.07) is 0. The van der Waals surface area contributed by atoms with Crippen LogP contribution < -0.4 is 5.32 Å². The first-order chi connectivity index (χ1) is 12.3. The SMILES string of the molecule is C.CC(C)(C)C1CCC1.CC(C)(C)C1CCCCC1.CC(C)(C)C1CCNC1. The zero-order valence-corrected chi connectivity index (χ0v) is 20.5. The van der Waals surface area contributed by atoms with Crippen molar-refractivity contribution in [2.24, 2.45) is 34.0 Å². The highest BCUT2D eigenvalue weighted by Gasteiger charge is 2.29. The Balaban J connectivity index is 0.000000386. The van der Waals surface area contributed by atoms with Gasteiger partial charge in [-0.15, -0.1) is 0 Å². The van der Waals surface area contributed by atoms with E-state index in [1.54, 1.807) is 0 Å². The lowest BCUT2D eigenvalue weighted by Gasteiger charge is -2.37. The predicted molar refractivity (Wildman–Crippen MR) is 130 cm³/mol. The number of hydrogen-bond donors (Lipinski definition) is 1. The molecule has 3 aliphatic rings. The molecule has 170 valence electrons. The fourth-order valence-corrected chi connectivity index (χ4v) is 4.64. The summed E-state index contributed by atoms with van der Waals surface area (Å²) < 4.78 is 0. The predicted octanol–water partition coefficient (Wildman–Crippen LogP) is 8.72. The van der Waals surface area contributed by atoms with Crippen LogP contribution in [-0.4, -0.2) is 13.1 Å². The van der Waals surface area contributed by atoms with Crippen molar-refractivity contribution in [2.75, 3.05) is 13.1 Å². The molecule has 1 heterocycles. The van der Waals surface area contributed by atoms with Gasteiger partial charge in [-0.1, -0.05) is 95.4 Å². The van der Waals surface area contributed by atoms with E-state index < -0.39 is 0 Å². The molecule has 2 aliphatic carbocycles. The van der Waals surface area contributed by atoms with Gasteiger partial charge in [-0.25, -0.2) is 0 Å². The van der Waals surface area contributed by atoms with Crippen molar-refractivity contribution in [1.82, 2.24) is 5.32 Å². The third kappa shape index (κ3) is 10.7. The van der Waals surface area contributed by atoms with Gasteiger partial charge in [0.2, 0.25) is 0 Å². The summed E-state index contributed by atoms with van der Waals surface area (Å²) in [6.07, 6.45) is 13.2. The van der Waals surface area contributed by atoms with Crippen LogP contribution in [0.2, 0.25) is 0 Å². The minimum Gasteiger partial charge on any atom is -0.316 e. The van der Waals surface area contributed by atoms with Gasteiger partial charge in [0.15, 0.2) is 0 Å². The Bertz CT molecular complexity index is 374.